The number of benzene rings is 1. The predicted octanol–water partition coefficient (Wildman–Crippen LogP) is 3.63. The van der Waals surface area contributed by atoms with E-state index in [0.29, 0.717) is 6.04 Å². The van der Waals surface area contributed by atoms with Crippen molar-refractivity contribution in [2.24, 2.45) is 7.05 Å². The van der Waals surface area contributed by atoms with Crippen molar-refractivity contribution in [3.8, 4) is 0 Å². The van der Waals surface area contributed by atoms with Crippen LogP contribution in [-0.4, -0.2) is 16.1 Å². The highest BCUT2D eigenvalue weighted by Crippen LogP contribution is 2.24. The highest BCUT2D eigenvalue weighted by molar-refractivity contribution is 5.38. The third kappa shape index (κ3) is 3.73. The summed E-state index contributed by atoms with van der Waals surface area (Å²) in [6.07, 6.45) is 6.01. The molecule has 114 valence electrons. The van der Waals surface area contributed by atoms with Gasteiger partial charge in [0.2, 0.25) is 0 Å². The van der Waals surface area contributed by atoms with Crippen molar-refractivity contribution < 1.29 is 0 Å². The Hall–Kier alpha value is -1.61. The van der Waals surface area contributed by atoms with Gasteiger partial charge >= 0.3 is 0 Å². The number of hydrogen-bond donors (Lipinski definition) is 1. The molecule has 1 heterocycles. The van der Waals surface area contributed by atoms with Gasteiger partial charge in [-0.3, -0.25) is 0 Å². The zero-order chi connectivity index (χ0) is 15.4. The summed E-state index contributed by atoms with van der Waals surface area (Å²) in [4.78, 5) is 4.27. The molecule has 1 atom stereocenters. The summed E-state index contributed by atoms with van der Waals surface area (Å²) < 4.78 is 2.12. The number of nitrogens with zero attached hydrogens (tertiary/aromatic N) is 2. The topological polar surface area (TPSA) is 29.9 Å². The summed E-state index contributed by atoms with van der Waals surface area (Å²) in [5.41, 5.74) is 6.82. The van der Waals surface area contributed by atoms with Gasteiger partial charge in [-0.15, -0.1) is 0 Å². The van der Waals surface area contributed by atoms with Gasteiger partial charge in [-0.05, 0) is 56.8 Å². The van der Waals surface area contributed by atoms with Gasteiger partial charge in [-0.1, -0.05) is 24.6 Å². The Morgan fingerprint density at radius 3 is 2.38 bits per heavy atom. The Morgan fingerprint density at radius 1 is 1.19 bits per heavy atom. The zero-order valence-electron chi connectivity index (χ0n) is 13.9. The number of aryl methyl sites for hydroxylation is 4. The molecule has 3 nitrogen and oxygen atoms in total. The monoisotopic (exact) mass is 285 g/mol. The maximum absolute atomic E-state index is 4.27. The number of hydrogen-bond acceptors (Lipinski definition) is 2. The van der Waals surface area contributed by atoms with E-state index in [9.17, 15) is 0 Å². The van der Waals surface area contributed by atoms with Crippen LogP contribution in [0.4, 0.5) is 0 Å². The first kappa shape index (κ1) is 15.8. The first-order chi connectivity index (χ1) is 10.0. The van der Waals surface area contributed by atoms with E-state index in [2.05, 4.69) is 61.7 Å². The van der Waals surface area contributed by atoms with Crippen LogP contribution in [0.15, 0.2) is 24.7 Å². The van der Waals surface area contributed by atoms with Crippen LogP contribution >= 0.6 is 0 Å². The van der Waals surface area contributed by atoms with Crippen LogP contribution < -0.4 is 5.32 Å². The smallest absolute Gasteiger partial charge is 0.0946 e. The third-order valence-electron chi connectivity index (χ3n) is 4.10. The van der Waals surface area contributed by atoms with E-state index < -0.39 is 0 Å². The molecular weight excluding hydrogens is 258 g/mol. The fraction of sp³-hybridized carbons (Fsp3) is 0.500. The minimum absolute atomic E-state index is 0.317. The molecule has 0 saturated heterocycles. The molecule has 0 bridgehead atoms. The lowest BCUT2D eigenvalue weighted by Crippen LogP contribution is -2.26. The largest absolute Gasteiger partial charge is 0.336 e. The Balaban J connectivity index is 2.29. The van der Waals surface area contributed by atoms with Gasteiger partial charge in [0.1, 0.15) is 0 Å². The minimum atomic E-state index is 0.317. The van der Waals surface area contributed by atoms with Crippen LogP contribution in [0.1, 0.15) is 47.3 Å². The minimum Gasteiger partial charge on any atom is -0.336 e. The normalized spacial score (nSPS) is 12.6. The summed E-state index contributed by atoms with van der Waals surface area (Å²) in [5, 5.41) is 3.67. The second kappa shape index (κ2) is 6.90. The van der Waals surface area contributed by atoms with E-state index in [1.807, 2.05) is 12.5 Å². The van der Waals surface area contributed by atoms with Crippen LogP contribution in [0.2, 0.25) is 0 Å². The van der Waals surface area contributed by atoms with Crippen molar-refractivity contribution >= 4 is 0 Å². The van der Waals surface area contributed by atoms with Crippen LogP contribution in [0, 0.1) is 20.8 Å². The zero-order valence-corrected chi connectivity index (χ0v) is 13.9. The molecule has 3 heteroatoms. The first-order valence-electron chi connectivity index (χ1n) is 7.79. The number of aromatic nitrogens is 2. The van der Waals surface area contributed by atoms with Crippen LogP contribution in [0.5, 0.6) is 0 Å². The van der Waals surface area contributed by atoms with Crippen molar-refractivity contribution in [2.45, 2.75) is 46.6 Å². The van der Waals surface area contributed by atoms with Gasteiger partial charge in [0, 0.05) is 13.2 Å². The fourth-order valence-electron chi connectivity index (χ4n) is 3.04. The van der Waals surface area contributed by atoms with E-state index in [0.717, 1.165) is 19.4 Å². The lowest BCUT2D eigenvalue weighted by atomic mass is 9.93. The number of imidazole rings is 1. The molecule has 1 aromatic carbocycles. The standard InChI is InChI=1S/C18H27N3/c1-6-7-20-17(18-11-19-12-21(18)5)10-16-14(3)8-13(2)9-15(16)4/h8-9,11-12,17,20H,6-7,10H2,1-5H3. The first-order valence-corrected chi connectivity index (χ1v) is 7.79. The van der Waals surface area contributed by atoms with Crippen LogP contribution in [-0.2, 0) is 13.5 Å². The molecule has 0 aliphatic heterocycles. The van der Waals surface area contributed by atoms with E-state index in [1.54, 1.807) is 0 Å². The Morgan fingerprint density at radius 2 is 1.86 bits per heavy atom. The Bertz CT molecular complexity index is 575. The lowest BCUT2D eigenvalue weighted by molar-refractivity contribution is 0.502. The van der Waals surface area contributed by atoms with Gasteiger partial charge in [0.15, 0.2) is 0 Å². The van der Waals surface area contributed by atoms with E-state index in [1.165, 1.54) is 27.9 Å². The maximum atomic E-state index is 4.27. The summed E-state index contributed by atoms with van der Waals surface area (Å²) in [5.74, 6) is 0. The highest BCUT2D eigenvalue weighted by atomic mass is 15.1. The van der Waals surface area contributed by atoms with Crippen LogP contribution in [0.25, 0.3) is 0 Å². The van der Waals surface area contributed by atoms with Crippen molar-refractivity contribution in [2.75, 3.05) is 6.54 Å². The maximum Gasteiger partial charge on any atom is 0.0946 e. The van der Waals surface area contributed by atoms with Gasteiger partial charge in [0.25, 0.3) is 0 Å². The van der Waals surface area contributed by atoms with Gasteiger partial charge in [-0.25, -0.2) is 4.98 Å². The molecule has 0 saturated carbocycles. The molecule has 0 fully saturated rings. The van der Waals surface area contributed by atoms with Crippen molar-refractivity contribution in [1.29, 1.82) is 0 Å². The number of rotatable bonds is 6. The second-order valence-electron chi connectivity index (χ2n) is 6.02. The third-order valence-corrected chi connectivity index (χ3v) is 4.10. The van der Waals surface area contributed by atoms with Crippen molar-refractivity contribution in [1.82, 2.24) is 14.9 Å². The molecule has 0 spiro atoms. The van der Waals surface area contributed by atoms with E-state index in [4.69, 9.17) is 0 Å². The summed E-state index contributed by atoms with van der Waals surface area (Å²) in [6.45, 7) is 9.83. The molecule has 0 aliphatic carbocycles. The predicted molar refractivity (Wildman–Crippen MR) is 88.6 cm³/mol. The van der Waals surface area contributed by atoms with Gasteiger partial charge in [0.05, 0.1) is 18.1 Å². The molecule has 1 N–H and O–H groups in total. The lowest BCUT2D eigenvalue weighted by Gasteiger charge is -2.21. The van der Waals surface area contributed by atoms with Crippen molar-refractivity contribution in [3.05, 3.63) is 52.6 Å². The van der Waals surface area contributed by atoms with Gasteiger partial charge in [-0.2, -0.15) is 0 Å². The molecule has 1 aromatic heterocycles. The van der Waals surface area contributed by atoms with E-state index >= 15 is 0 Å². The fourth-order valence-corrected chi connectivity index (χ4v) is 3.04. The molecule has 2 rings (SSSR count). The quantitative estimate of drug-likeness (QED) is 0.878. The Kier molecular flexibility index (Phi) is 5.18. The van der Waals surface area contributed by atoms with E-state index in [-0.39, 0.29) is 0 Å². The Labute approximate surface area is 128 Å². The molecule has 0 radical (unpaired) electrons. The van der Waals surface area contributed by atoms with Crippen LogP contribution in [0.3, 0.4) is 0 Å². The summed E-state index contributed by atoms with van der Waals surface area (Å²) in [6, 6.07) is 4.88. The molecular formula is C18H27N3. The molecule has 1 unspecified atom stereocenters. The summed E-state index contributed by atoms with van der Waals surface area (Å²) in [7, 11) is 2.07. The molecule has 0 amide bonds. The summed E-state index contributed by atoms with van der Waals surface area (Å²) >= 11 is 0. The van der Waals surface area contributed by atoms with Crippen molar-refractivity contribution in [3.63, 3.8) is 0 Å². The highest BCUT2D eigenvalue weighted by Gasteiger charge is 2.17. The SMILES string of the molecule is CCCNC(Cc1c(C)cc(C)cc1C)c1cncn1C. The average Bonchev–Trinajstić information content (AvgIpc) is 2.83. The number of nitrogens with one attached hydrogen (secondary N) is 1. The molecule has 2 aromatic rings. The second-order valence-corrected chi connectivity index (χ2v) is 6.02. The molecule has 21 heavy (non-hydrogen) atoms. The average molecular weight is 285 g/mol. The van der Waals surface area contributed by atoms with Gasteiger partial charge < -0.3 is 9.88 Å². The molecule has 0 aliphatic rings.